The number of ether oxygens (including phenoxy) is 1. The van der Waals surface area contributed by atoms with Gasteiger partial charge in [0.05, 0.1) is 12.7 Å². The molecular weight excluding hydrogens is 352 g/mol. The van der Waals surface area contributed by atoms with E-state index in [-0.39, 0.29) is 5.91 Å². The number of aryl methyl sites for hydroxylation is 2. The summed E-state index contributed by atoms with van der Waals surface area (Å²) < 4.78 is 11.2. The number of aromatic nitrogens is 1. The molecule has 1 heterocycles. The lowest BCUT2D eigenvalue weighted by atomic mass is 10.1. The highest BCUT2D eigenvalue weighted by Crippen LogP contribution is 2.28. The molecule has 0 aliphatic rings. The van der Waals surface area contributed by atoms with Gasteiger partial charge in [-0.15, -0.1) is 0 Å². The number of hydrogen-bond donors (Lipinski definition) is 1. The highest BCUT2D eigenvalue weighted by atomic mass is 16.5. The van der Waals surface area contributed by atoms with Crippen molar-refractivity contribution in [1.29, 1.82) is 0 Å². The van der Waals surface area contributed by atoms with Crippen LogP contribution in [0.1, 0.15) is 21.5 Å². The standard InChI is InChI=1S/C23H20N2O3/c1-14-7-9-16(10-8-14)23-25-19-13-17(11-12-20(19)28-23)24-22(26)18-6-4-5-15(2)21(18)27-3/h4-13H,1-3H3,(H,24,26). The van der Waals surface area contributed by atoms with Gasteiger partial charge in [0, 0.05) is 11.3 Å². The lowest BCUT2D eigenvalue weighted by Crippen LogP contribution is -2.13. The molecule has 0 fully saturated rings. The molecule has 5 nitrogen and oxygen atoms in total. The van der Waals surface area contributed by atoms with Crippen molar-refractivity contribution in [3.63, 3.8) is 0 Å². The predicted molar refractivity (Wildman–Crippen MR) is 110 cm³/mol. The quantitative estimate of drug-likeness (QED) is 0.523. The number of carbonyl (C=O) groups excluding carboxylic acids is 1. The first-order valence-corrected chi connectivity index (χ1v) is 8.98. The number of anilines is 1. The van der Waals surface area contributed by atoms with Crippen LogP contribution in [0.25, 0.3) is 22.6 Å². The maximum atomic E-state index is 12.7. The monoisotopic (exact) mass is 372 g/mol. The minimum atomic E-state index is -0.234. The molecule has 0 radical (unpaired) electrons. The molecule has 1 aromatic heterocycles. The maximum Gasteiger partial charge on any atom is 0.259 e. The Morgan fingerprint density at radius 3 is 2.57 bits per heavy atom. The van der Waals surface area contributed by atoms with Crippen LogP contribution in [-0.2, 0) is 0 Å². The molecule has 28 heavy (non-hydrogen) atoms. The Bertz CT molecular complexity index is 1160. The van der Waals surface area contributed by atoms with Crippen LogP contribution in [-0.4, -0.2) is 18.0 Å². The molecule has 4 aromatic rings. The zero-order valence-corrected chi connectivity index (χ0v) is 15.9. The summed E-state index contributed by atoms with van der Waals surface area (Å²) in [5.41, 5.74) is 5.48. The fourth-order valence-corrected chi connectivity index (χ4v) is 3.13. The number of nitrogens with zero attached hydrogens (tertiary/aromatic N) is 1. The third-order valence-corrected chi connectivity index (χ3v) is 4.60. The second-order valence-electron chi connectivity index (χ2n) is 6.68. The highest BCUT2D eigenvalue weighted by molar-refractivity contribution is 6.07. The molecule has 0 bridgehead atoms. The molecule has 1 N–H and O–H groups in total. The maximum absolute atomic E-state index is 12.7. The van der Waals surface area contributed by atoms with Gasteiger partial charge in [0.25, 0.3) is 5.91 Å². The van der Waals surface area contributed by atoms with Gasteiger partial charge in [-0.2, -0.15) is 0 Å². The second kappa shape index (κ2) is 7.19. The topological polar surface area (TPSA) is 64.4 Å². The van der Waals surface area contributed by atoms with Gasteiger partial charge >= 0.3 is 0 Å². The van der Waals surface area contributed by atoms with Gasteiger partial charge in [0.15, 0.2) is 5.58 Å². The van der Waals surface area contributed by atoms with Crippen LogP contribution in [0.5, 0.6) is 5.75 Å². The molecule has 4 rings (SSSR count). The van der Waals surface area contributed by atoms with Gasteiger partial charge in [-0.25, -0.2) is 4.98 Å². The molecule has 0 unspecified atom stereocenters. The molecule has 0 aliphatic carbocycles. The fourth-order valence-electron chi connectivity index (χ4n) is 3.13. The van der Waals surface area contributed by atoms with Crippen LogP contribution in [0, 0.1) is 13.8 Å². The first-order chi connectivity index (χ1) is 13.5. The minimum absolute atomic E-state index is 0.234. The van der Waals surface area contributed by atoms with Crippen molar-refractivity contribution in [3.05, 3.63) is 77.4 Å². The van der Waals surface area contributed by atoms with Crippen LogP contribution in [0.4, 0.5) is 5.69 Å². The Kier molecular flexibility index (Phi) is 4.57. The molecule has 0 spiro atoms. The number of carbonyl (C=O) groups is 1. The number of methoxy groups -OCH3 is 1. The number of fused-ring (bicyclic) bond motifs is 1. The van der Waals surface area contributed by atoms with Gasteiger partial charge in [0.2, 0.25) is 5.89 Å². The average molecular weight is 372 g/mol. The van der Waals surface area contributed by atoms with Crippen LogP contribution in [0.2, 0.25) is 0 Å². The molecule has 0 atom stereocenters. The van der Waals surface area contributed by atoms with Gasteiger partial charge in [0.1, 0.15) is 11.3 Å². The normalized spacial score (nSPS) is 10.8. The van der Waals surface area contributed by atoms with E-state index in [0.717, 1.165) is 11.1 Å². The summed E-state index contributed by atoms with van der Waals surface area (Å²) in [6, 6.07) is 18.9. The summed E-state index contributed by atoms with van der Waals surface area (Å²) in [4.78, 5) is 17.3. The number of hydrogen-bond acceptors (Lipinski definition) is 4. The van der Waals surface area contributed by atoms with E-state index in [4.69, 9.17) is 9.15 Å². The van der Waals surface area contributed by atoms with E-state index < -0.39 is 0 Å². The summed E-state index contributed by atoms with van der Waals surface area (Å²) in [6.45, 7) is 3.94. The van der Waals surface area contributed by atoms with E-state index in [1.54, 1.807) is 25.3 Å². The van der Waals surface area contributed by atoms with Crippen LogP contribution >= 0.6 is 0 Å². The minimum Gasteiger partial charge on any atom is -0.496 e. The molecule has 0 saturated heterocycles. The fraction of sp³-hybridized carbons (Fsp3) is 0.130. The SMILES string of the molecule is COc1c(C)cccc1C(=O)Nc1ccc2oc(-c3ccc(C)cc3)nc2c1. The average Bonchev–Trinajstić information content (AvgIpc) is 3.11. The molecule has 140 valence electrons. The largest absolute Gasteiger partial charge is 0.496 e. The van der Waals surface area contributed by atoms with Crippen molar-refractivity contribution in [2.24, 2.45) is 0 Å². The second-order valence-corrected chi connectivity index (χ2v) is 6.68. The Morgan fingerprint density at radius 2 is 1.82 bits per heavy atom. The Hall–Kier alpha value is -3.60. The van der Waals surface area contributed by atoms with E-state index in [2.05, 4.69) is 10.3 Å². The van der Waals surface area contributed by atoms with E-state index >= 15 is 0 Å². The van der Waals surface area contributed by atoms with Gasteiger partial charge in [-0.1, -0.05) is 29.8 Å². The summed E-state index contributed by atoms with van der Waals surface area (Å²) in [5, 5.41) is 2.91. The van der Waals surface area contributed by atoms with Gasteiger partial charge in [-0.05, 0) is 55.8 Å². The van der Waals surface area contributed by atoms with Crippen molar-refractivity contribution >= 4 is 22.7 Å². The number of oxazole rings is 1. The van der Waals surface area contributed by atoms with Crippen molar-refractivity contribution in [2.45, 2.75) is 13.8 Å². The van der Waals surface area contributed by atoms with E-state index in [1.165, 1.54) is 5.56 Å². The van der Waals surface area contributed by atoms with E-state index in [9.17, 15) is 4.79 Å². The van der Waals surface area contributed by atoms with Crippen molar-refractivity contribution < 1.29 is 13.9 Å². The molecular formula is C23H20N2O3. The summed E-state index contributed by atoms with van der Waals surface area (Å²) in [6.07, 6.45) is 0. The summed E-state index contributed by atoms with van der Waals surface area (Å²) in [7, 11) is 1.56. The summed E-state index contributed by atoms with van der Waals surface area (Å²) in [5.74, 6) is 0.894. The first kappa shape index (κ1) is 17.8. The number of amides is 1. The number of rotatable bonds is 4. The Balaban J connectivity index is 1.62. The lowest BCUT2D eigenvalue weighted by molar-refractivity contribution is 0.102. The zero-order valence-electron chi connectivity index (χ0n) is 15.9. The summed E-state index contributed by atoms with van der Waals surface area (Å²) >= 11 is 0. The number of nitrogens with one attached hydrogen (secondary N) is 1. The number of para-hydroxylation sites is 1. The van der Waals surface area contributed by atoms with Crippen LogP contribution in [0.15, 0.2) is 65.1 Å². The first-order valence-electron chi connectivity index (χ1n) is 8.98. The molecule has 0 aliphatic heterocycles. The number of benzene rings is 3. The third-order valence-electron chi connectivity index (χ3n) is 4.60. The molecule has 1 amide bonds. The third kappa shape index (κ3) is 3.34. The van der Waals surface area contributed by atoms with Crippen LogP contribution in [0.3, 0.4) is 0 Å². The van der Waals surface area contributed by atoms with Crippen LogP contribution < -0.4 is 10.1 Å². The lowest BCUT2D eigenvalue weighted by Gasteiger charge is -2.11. The predicted octanol–water partition coefficient (Wildman–Crippen LogP) is 5.37. The van der Waals surface area contributed by atoms with Crippen molar-refractivity contribution in [2.75, 3.05) is 12.4 Å². The van der Waals surface area contributed by atoms with Gasteiger partial charge < -0.3 is 14.5 Å². The Morgan fingerprint density at radius 1 is 1.04 bits per heavy atom. The molecule has 5 heteroatoms. The van der Waals surface area contributed by atoms with Crippen molar-refractivity contribution in [3.8, 4) is 17.2 Å². The zero-order chi connectivity index (χ0) is 19.7. The van der Waals surface area contributed by atoms with Gasteiger partial charge in [-0.3, -0.25) is 4.79 Å². The Labute approximate surface area is 163 Å². The van der Waals surface area contributed by atoms with E-state index in [0.29, 0.717) is 34.0 Å². The highest BCUT2D eigenvalue weighted by Gasteiger charge is 2.15. The molecule has 0 saturated carbocycles. The van der Waals surface area contributed by atoms with E-state index in [1.807, 2.05) is 56.3 Å². The smallest absolute Gasteiger partial charge is 0.259 e. The van der Waals surface area contributed by atoms with Crippen molar-refractivity contribution in [1.82, 2.24) is 4.98 Å². The molecule has 3 aromatic carbocycles.